The lowest BCUT2D eigenvalue weighted by Crippen LogP contribution is -1.99. The number of aryl methyl sites for hydroxylation is 2. The summed E-state index contributed by atoms with van der Waals surface area (Å²) in [7, 11) is 1.62. The van der Waals surface area contributed by atoms with Gasteiger partial charge in [0.15, 0.2) is 6.61 Å². The molecule has 0 saturated heterocycles. The van der Waals surface area contributed by atoms with Gasteiger partial charge >= 0.3 is 0 Å². The molecule has 0 amide bonds. The Hall–Kier alpha value is -2.30. The van der Waals surface area contributed by atoms with E-state index < -0.39 is 0 Å². The van der Waals surface area contributed by atoms with Crippen molar-refractivity contribution in [2.24, 2.45) is 0 Å². The molecule has 20 heavy (non-hydrogen) atoms. The van der Waals surface area contributed by atoms with Gasteiger partial charge in [0.05, 0.1) is 18.4 Å². The Morgan fingerprint density at radius 2 is 2.15 bits per heavy atom. The van der Waals surface area contributed by atoms with Crippen LogP contribution in [0.5, 0.6) is 11.5 Å². The first-order valence-electron chi connectivity index (χ1n) is 6.48. The van der Waals surface area contributed by atoms with Gasteiger partial charge in [0.25, 0.3) is 0 Å². The van der Waals surface area contributed by atoms with Crippen molar-refractivity contribution in [2.75, 3.05) is 13.7 Å². The lowest BCUT2D eigenvalue weighted by atomic mass is 9.98. The van der Waals surface area contributed by atoms with Crippen LogP contribution in [-0.2, 0) is 6.42 Å². The van der Waals surface area contributed by atoms with Crippen LogP contribution in [0.2, 0.25) is 0 Å². The van der Waals surface area contributed by atoms with Crippen molar-refractivity contribution in [1.29, 1.82) is 0 Å². The first-order chi connectivity index (χ1) is 9.61. The zero-order valence-electron chi connectivity index (χ0n) is 11.7. The van der Waals surface area contributed by atoms with Gasteiger partial charge in [0.1, 0.15) is 11.5 Å². The monoisotopic (exact) mass is 272 g/mol. The first kappa shape index (κ1) is 12.7. The van der Waals surface area contributed by atoms with E-state index in [4.69, 9.17) is 9.47 Å². The predicted octanol–water partition coefficient (Wildman–Crippen LogP) is 2.20. The number of aromatic nitrogens is 2. The summed E-state index contributed by atoms with van der Waals surface area (Å²) in [6.07, 6.45) is 0.633. The molecule has 0 bridgehead atoms. The molecular formula is C15H16N2O3. The molecule has 0 aliphatic carbocycles. The summed E-state index contributed by atoms with van der Waals surface area (Å²) in [5.74, 6) is 1.40. The summed E-state index contributed by atoms with van der Waals surface area (Å²) in [6, 6.07) is 3.59. The number of rotatable bonds is 3. The smallest absolute Gasteiger partial charge is 0.203 e. The number of hydrogen-bond acceptors (Lipinski definition) is 4. The molecule has 5 nitrogen and oxygen atoms in total. The molecule has 5 heteroatoms. The second-order valence-electron chi connectivity index (χ2n) is 4.92. The Balaban J connectivity index is 2.11. The van der Waals surface area contributed by atoms with Crippen LogP contribution in [0, 0.1) is 13.8 Å². The third kappa shape index (κ3) is 1.86. The average Bonchev–Trinajstić information content (AvgIpc) is 2.97. The molecule has 1 aliphatic heterocycles. The molecular weight excluding hydrogens is 256 g/mol. The van der Waals surface area contributed by atoms with Crippen molar-refractivity contribution in [3.63, 3.8) is 0 Å². The number of aromatic amines is 1. The maximum Gasteiger partial charge on any atom is 0.203 e. The number of ketones is 1. The zero-order valence-corrected chi connectivity index (χ0v) is 11.7. The van der Waals surface area contributed by atoms with Crippen molar-refractivity contribution in [1.82, 2.24) is 10.2 Å². The van der Waals surface area contributed by atoms with E-state index in [1.165, 1.54) is 0 Å². The van der Waals surface area contributed by atoms with Gasteiger partial charge < -0.3 is 9.47 Å². The SMILES string of the molecule is COc1ccc2c(c1Cc1c(C)n[nH]c1C)OCC2=O. The Labute approximate surface area is 116 Å². The van der Waals surface area contributed by atoms with E-state index in [1.807, 2.05) is 19.9 Å². The van der Waals surface area contributed by atoms with Crippen molar-refractivity contribution in [2.45, 2.75) is 20.3 Å². The van der Waals surface area contributed by atoms with E-state index in [0.29, 0.717) is 17.7 Å². The molecule has 2 aromatic rings. The number of carbonyl (C=O) groups is 1. The van der Waals surface area contributed by atoms with Crippen molar-refractivity contribution < 1.29 is 14.3 Å². The Bertz CT molecular complexity index is 669. The van der Waals surface area contributed by atoms with Gasteiger partial charge in [0.2, 0.25) is 5.78 Å². The maximum atomic E-state index is 11.8. The number of hydrogen-bond donors (Lipinski definition) is 1. The molecule has 0 fully saturated rings. The van der Waals surface area contributed by atoms with Crippen LogP contribution < -0.4 is 9.47 Å². The number of methoxy groups -OCH3 is 1. The van der Waals surface area contributed by atoms with Gasteiger partial charge in [-0.15, -0.1) is 0 Å². The van der Waals surface area contributed by atoms with E-state index >= 15 is 0 Å². The Kier molecular flexibility index (Phi) is 2.97. The molecule has 2 heterocycles. The molecule has 1 aliphatic rings. The fourth-order valence-electron chi connectivity index (χ4n) is 2.58. The summed E-state index contributed by atoms with van der Waals surface area (Å²) in [5.41, 5.74) is 4.63. The quantitative estimate of drug-likeness (QED) is 0.930. The number of benzene rings is 1. The minimum Gasteiger partial charge on any atom is -0.496 e. The lowest BCUT2D eigenvalue weighted by molar-refractivity contribution is 0.0961. The van der Waals surface area contributed by atoms with E-state index in [1.54, 1.807) is 13.2 Å². The molecule has 0 atom stereocenters. The molecule has 1 aromatic carbocycles. The van der Waals surface area contributed by atoms with Crippen LogP contribution >= 0.6 is 0 Å². The van der Waals surface area contributed by atoms with Gasteiger partial charge in [-0.1, -0.05) is 0 Å². The molecule has 104 valence electrons. The molecule has 0 spiro atoms. The van der Waals surface area contributed by atoms with Crippen LogP contribution in [-0.4, -0.2) is 29.7 Å². The summed E-state index contributed by atoms with van der Waals surface area (Å²) >= 11 is 0. The molecule has 1 N–H and O–H groups in total. The average molecular weight is 272 g/mol. The standard InChI is InChI=1S/C15H16N2O3/c1-8-11(9(2)17-16-8)6-12-14(19-3)5-4-10-13(18)7-20-15(10)12/h4-5H,6-7H2,1-3H3,(H,16,17). The van der Waals surface area contributed by atoms with Crippen LogP contribution in [0.25, 0.3) is 0 Å². The van der Waals surface area contributed by atoms with E-state index in [-0.39, 0.29) is 12.4 Å². The number of H-pyrrole nitrogens is 1. The number of carbonyl (C=O) groups excluding carboxylic acids is 1. The highest BCUT2D eigenvalue weighted by Crippen LogP contribution is 2.38. The highest BCUT2D eigenvalue weighted by Gasteiger charge is 2.27. The fourth-order valence-corrected chi connectivity index (χ4v) is 2.58. The number of fused-ring (bicyclic) bond motifs is 1. The van der Waals surface area contributed by atoms with Gasteiger partial charge in [-0.2, -0.15) is 5.10 Å². The number of nitrogens with one attached hydrogen (secondary N) is 1. The topological polar surface area (TPSA) is 64.2 Å². The molecule has 0 radical (unpaired) electrons. The Morgan fingerprint density at radius 3 is 2.80 bits per heavy atom. The summed E-state index contributed by atoms with van der Waals surface area (Å²) < 4.78 is 11.0. The van der Waals surface area contributed by atoms with Crippen LogP contribution in [0.1, 0.15) is 32.9 Å². The van der Waals surface area contributed by atoms with Crippen LogP contribution in [0.4, 0.5) is 0 Å². The molecule has 1 aromatic heterocycles. The number of Topliss-reactive ketones (excluding diaryl/α,β-unsaturated/α-hetero) is 1. The predicted molar refractivity (Wildman–Crippen MR) is 73.7 cm³/mol. The minimum absolute atomic E-state index is 0.0181. The summed E-state index contributed by atoms with van der Waals surface area (Å²) in [5, 5.41) is 7.18. The molecule has 0 saturated carbocycles. The van der Waals surface area contributed by atoms with Crippen LogP contribution in [0.15, 0.2) is 12.1 Å². The Morgan fingerprint density at radius 1 is 1.35 bits per heavy atom. The minimum atomic E-state index is 0.0181. The van der Waals surface area contributed by atoms with Gasteiger partial charge in [-0.05, 0) is 26.0 Å². The van der Waals surface area contributed by atoms with E-state index in [9.17, 15) is 4.79 Å². The summed E-state index contributed by atoms with van der Waals surface area (Å²) in [4.78, 5) is 11.8. The fraction of sp³-hybridized carbons (Fsp3) is 0.333. The van der Waals surface area contributed by atoms with Gasteiger partial charge in [0, 0.05) is 23.2 Å². The van der Waals surface area contributed by atoms with E-state index in [0.717, 1.165) is 28.3 Å². The highest BCUT2D eigenvalue weighted by molar-refractivity contribution is 6.03. The molecule has 3 rings (SSSR count). The second-order valence-corrected chi connectivity index (χ2v) is 4.92. The number of nitrogens with zero attached hydrogens (tertiary/aromatic N) is 1. The van der Waals surface area contributed by atoms with Crippen molar-refractivity contribution >= 4 is 5.78 Å². The largest absolute Gasteiger partial charge is 0.496 e. The van der Waals surface area contributed by atoms with Crippen LogP contribution in [0.3, 0.4) is 0 Å². The first-order valence-corrected chi connectivity index (χ1v) is 6.48. The van der Waals surface area contributed by atoms with Crippen molar-refractivity contribution in [3.8, 4) is 11.5 Å². The highest BCUT2D eigenvalue weighted by atomic mass is 16.5. The zero-order chi connectivity index (χ0) is 14.3. The normalized spacial score (nSPS) is 13.2. The van der Waals surface area contributed by atoms with Gasteiger partial charge in [-0.25, -0.2) is 0 Å². The third-order valence-electron chi connectivity index (χ3n) is 3.72. The third-order valence-corrected chi connectivity index (χ3v) is 3.72. The molecule has 0 unspecified atom stereocenters. The van der Waals surface area contributed by atoms with Crippen molar-refractivity contribution in [3.05, 3.63) is 40.2 Å². The summed E-state index contributed by atoms with van der Waals surface area (Å²) in [6.45, 7) is 4.05. The number of ether oxygens (including phenoxy) is 2. The van der Waals surface area contributed by atoms with E-state index in [2.05, 4.69) is 10.2 Å². The maximum absolute atomic E-state index is 11.8. The second kappa shape index (κ2) is 4.67. The lowest BCUT2D eigenvalue weighted by Gasteiger charge is -2.12. The van der Waals surface area contributed by atoms with Gasteiger partial charge in [-0.3, -0.25) is 9.89 Å².